The molecule has 0 N–H and O–H groups in total. The molecule has 0 fully saturated rings. The summed E-state index contributed by atoms with van der Waals surface area (Å²) in [5.74, 6) is 0. The van der Waals surface area contributed by atoms with Crippen molar-refractivity contribution in [3.05, 3.63) is 119 Å². The lowest BCUT2D eigenvalue weighted by atomic mass is 9.29. The van der Waals surface area contributed by atoms with E-state index in [2.05, 4.69) is 172 Å². The molecule has 6 aromatic rings. The standard InChI is InChI=1S/C45H48BNS/c1-42(2,3)27-16-19-29(20-17-27)47-34-23-18-28(43(4,5)6)26-33(34)46-40-32(22-25-37-38(40)30-14-12-13-15-36(30)48-37)45(10,11)39-31(44(7,8)9)21-24-35(47)41(39)46/h12-26H,1-11H3. The van der Waals surface area contributed by atoms with E-state index in [1.165, 1.54) is 81.4 Å². The monoisotopic (exact) mass is 645 g/mol. The third kappa shape index (κ3) is 4.49. The smallest absolute Gasteiger partial charge is 0.248 e. The van der Waals surface area contributed by atoms with E-state index < -0.39 is 0 Å². The molecule has 0 radical (unpaired) electrons. The van der Waals surface area contributed by atoms with Crippen LogP contribution in [0.15, 0.2) is 91.0 Å². The minimum Gasteiger partial charge on any atom is -0.312 e. The fourth-order valence-corrected chi connectivity index (χ4v) is 9.77. The Kier molecular flexibility index (Phi) is 6.62. The van der Waals surface area contributed by atoms with Gasteiger partial charge in [-0.05, 0) is 102 Å². The first-order valence-corrected chi connectivity index (χ1v) is 18.5. The van der Waals surface area contributed by atoms with Crippen LogP contribution in [-0.4, -0.2) is 6.71 Å². The van der Waals surface area contributed by atoms with Crippen LogP contribution in [-0.2, 0) is 21.7 Å². The Morgan fingerprint density at radius 2 is 1.25 bits per heavy atom. The van der Waals surface area contributed by atoms with Gasteiger partial charge in [0.2, 0.25) is 6.71 Å². The number of benzene rings is 5. The number of fused-ring (bicyclic) bond motifs is 8. The highest BCUT2D eigenvalue weighted by Gasteiger charge is 2.49. The van der Waals surface area contributed by atoms with Crippen LogP contribution >= 0.6 is 11.3 Å². The molecule has 0 saturated heterocycles. The van der Waals surface area contributed by atoms with Crippen LogP contribution in [0.3, 0.4) is 0 Å². The van der Waals surface area contributed by atoms with Gasteiger partial charge in [-0.1, -0.05) is 136 Å². The molecule has 0 bridgehead atoms. The molecule has 2 aliphatic heterocycles. The van der Waals surface area contributed by atoms with E-state index in [1.807, 2.05) is 11.3 Å². The molecule has 1 aromatic heterocycles. The molecule has 48 heavy (non-hydrogen) atoms. The third-order valence-electron chi connectivity index (χ3n) is 11.2. The van der Waals surface area contributed by atoms with E-state index in [0.29, 0.717) is 0 Å². The van der Waals surface area contributed by atoms with Crippen LogP contribution in [0.1, 0.15) is 104 Å². The second-order valence-corrected chi connectivity index (χ2v) is 19.0. The topological polar surface area (TPSA) is 3.24 Å². The van der Waals surface area contributed by atoms with Gasteiger partial charge in [0.15, 0.2) is 0 Å². The Morgan fingerprint density at radius 3 is 1.92 bits per heavy atom. The fraction of sp³-hybridized carbons (Fsp3) is 0.333. The molecule has 3 heteroatoms. The molecule has 0 spiro atoms. The molecule has 0 amide bonds. The van der Waals surface area contributed by atoms with Crippen molar-refractivity contribution >= 4 is 71.7 Å². The first-order valence-electron chi connectivity index (χ1n) is 17.7. The van der Waals surface area contributed by atoms with E-state index in [4.69, 9.17) is 0 Å². The van der Waals surface area contributed by atoms with E-state index in [0.717, 1.165) is 0 Å². The van der Waals surface area contributed by atoms with Crippen molar-refractivity contribution in [3.8, 4) is 0 Å². The Hall–Kier alpha value is -3.82. The number of nitrogens with zero attached hydrogens (tertiary/aromatic N) is 1. The van der Waals surface area contributed by atoms with E-state index in [9.17, 15) is 0 Å². The number of rotatable bonds is 1. The van der Waals surface area contributed by atoms with Crippen LogP contribution in [0, 0.1) is 0 Å². The summed E-state index contributed by atoms with van der Waals surface area (Å²) in [6.07, 6.45) is 0. The average molecular weight is 646 g/mol. The van der Waals surface area contributed by atoms with Gasteiger partial charge in [-0.3, -0.25) is 0 Å². The zero-order valence-electron chi connectivity index (χ0n) is 30.6. The highest BCUT2D eigenvalue weighted by molar-refractivity contribution is 7.26. The van der Waals surface area contributed by atoms with Crippen LogP contribution in [0.4, 0.5) is 17.1 Å². The van der Waals surface area contributed by atoms with Gasteiger partial charge < -0.3 is 4.90 Å². The predicted octanol–water partition coefficient (Wildman–Crippen LogP) is 10.9. The predicted molar refractivity (Wildman–Crippen MR) is 213 cm³/mol. The molecule has 3 heterocycles. The lowest BCUT2D eigenvalue weighted by Crippen LogP contribution is -2.65. The molecule has 8 rings (SSSR count). The molecule has 5 aromatic carbocycles. The molecule has 0 atom stereocenters. The lowest BCUT2D eigenvalue weighted by Gasteiger charge is -2.48. The van der Waals surface area contributed by atoms with Crippen molar-refractivity contribution in [3.63, 3.8) is 0 Å². The van der Waals surface area contributed by atoms with Crippen LogP contribution < -0.4 is 21.3 Å². The molecule has 242 valence electrons. The van der Waals surface area contributed by atoms with Gasteiger partial charge in [-0.2, -0.15) is 0 Å². The normalized spacial score (nSPS) is 15.5. The lowest BCUT2D eigenvalue weighted by molar-refractivity contribution is 0.552. The minimum absolute atomic E-state index is 0.00438. The van der Waals surface area contributed by atoms with Crippen molar-refractivity contribution in [1.29, 1.82) is 0 Å². The Morgan fingerprint density at radius 1 is 0.604 bits per heavy atom. The van der Waals surface area contributed by atoms with Gasteiger partial charge in [0, 0.05) is 31.9 Å². The van der Waals surface area contributed by atoms with E-state index in [-0.39, 0.29) is 28.4 Å². The summed E-state index contributed by atoms with van der Waals surface area (Å²) < 4.78 is 2.75. The fourth-order valence-electron chi connectivity index (χ4n) is 8.65. The quantitative estimate of drug-likeness (QED) is 0.161. The number of thiophene rings is 1. The zero-order valence-corrected chi connectivity index (χ0v) is 31.4. The first-order chi connectivity index (χ1) is 22.5. The summed E-state index contributed by atoms with van der Waals surface area (Å²) in [7, 11) is 0. The van der Waals surface area contributed by atoms with Crippen molar-refractivity contribution in [2.75, 3.05) is 4.90 Å². The summed E-state index contributed by atoms with van der Waals surface area (Å²) in [5, 5.41) is 2.83. The van der Waals surface area contributed by atoms with Crippen LogP contribution in [0.25, 0.3) is 20.2 Å². The Balaban J connectivity index is 1.54. The largest absolute Gasteiger partial charge is 0.312 e. The maximum atomic E-state index is 2.57. The molecule has 0 aliphatic carbocycles. The summed E-state index contributed by atoms with van der Waals surface area (Å²) in [5.41, 5.74) is 15.4. The number of anilines is 3. The summed E-state index contributed by atoms with van der Waals surface area (Å²) in [6, 6.07) is 35.5. The van der Waals surface area contributed by atoms with Gasteiger partial charge in [0.1, 0.15) is 0 Å². The van der Waals surface area contributed by atoms with Gasteiger partial charge in [-0.15, -0.1) is 11.3 Å². The van der Waals surface area contributed by atoms with Gasteiger partial charge in [-0.25, -0.2) is 0 Å². The van der Waals surface area contributed by atoms with Crippen LogP contribution in [0.2, 0.25) is 0 Å². The number of hydrogen-bond acceptors (Lipinski definition) is 2. The van der Waals surface area contributed by atoms with Crippen molar-refractivity contribution < 1.29 is 0 Å². The molecule has 0 unspecified atom stereocenters. The molecule has 1 nitrogen and oxygen atoms in total. The highest BCUT2D eigenvalue weighted by atomic mass is 32.1. The molecule has 0 saturated carbocycles. The summed E-state index contributed by atoms with van der Waals surface area (Å²) >= 11 is 1.94. The van der Waals surface area contributed by atoms with E-state index in [1.54, 1.807) is 0 Å². The first kappa shape index (κ1) is 31.5. The van der Waals surface area contributed by atoms with Gasteiger partial charge in [0.05, 0.1) is 0 Å². The second-order valence-electron chi connectivity index (χ2n) is 17.9. The third-order valence-corrected chi connectivity index (χ3v) is 12.3. The summed E-state index contributed by atoms with van der Waals surface area (Å²) in [6.45, 7) is 26.2. The Bertz CT molecular complexity index is 2260. The highest BCUT2D eigenvalue weighted by Crippen LogP contribution is 2.48. The Labute approximate surface area is 292 Å². The van der Waals surface area contributed by atoms with Gasteiger partial charge >= 0.3 is 0 Å². The second kappa shape index (κ2) is 10.1. The number of hydrogen-bond donors (Lipinski definition) is 0. The maximum absolute atomic E-state index is 2.57. The maximum Gasteiger partial charge on any atom is 0.248 e. The van der Waals surface area contributed by atoms with E-state index >= 15 is 0 Å². The molecular weight excluding hydrogens is 597 g/mol. The molecular formula is C45H48BNS. The van der Waals surface area contributed by atoms with Crippen molar-refractivity contribution in [2.45, 2.75) is 97.8 Å². The summed E-state index contributed by atoms with van der Waals surface area (Å²) in [4.78, 5) is 2.57. The SMILES string of the molecule is CC(C)(C)c1ccc(N2c3ccc(C(C)(C)C)cc3B3c4c2ccc(C(C)(C)C)c4C(C)(C)c2ccc4sc5ccccc5c4c23)cc1. The van der Waals surface area contributed by atoms with Gasteiger partial charge in [0.25, 0.3) is 0 Å². The van der Waals surface area contributed by atoms with Crippen molar-refractivity contribution in [1.82, 2.24) is 0 Å². The molecule has 2 aliphatic rings. The zero-order chi connectivity index (χ0) is 34.1. The van der Waals surface area contributed by atoms with Crippen LogP contribution in [0.5, 0.6) is 0 Å². The average Bonchev–Trinajstić information content (AvgIpc) is 3.40. The van der Waals surface area contributed by atoms with Crippen molar-refractivity contribution in [2.24, 2.45) is 0 Å². The minimum atomic E-state index is -0.183.